The summed E-state index contributed by atoms with van der Waals surface area (Å²) in [6.45, 7) is 2.95. The quantitative estimate of drug-likeness (QED) is 0.352. The Morgan fingerprint density at radius 2 is 1.48 bits per heavy atom. The van der Waals surface area contributed by atoms with Gasteiger partial charge in [-0.3, -0.25) is 19.2 Å². The van der Waals surface area contributed by atoms with Gasteiger partial charge in [-0.05, 0) is 49.2 Å². The molecule has 1 saturated heterocycles. The lowest BCUT2D eigenvalue weighted by molar-refractivity contribution is -0.143. The molecular formula is C27H23Br2F2N5O4. The smallest absolute Gasteiger partial charge is 0.255 e. The van der Waals surface area contributed by atoms with Crippen LogP contribution in [0.2, 0.25) is 0 Å². The number of hydrogen-bond donors (Lipinski definition) is 3. The second-order valence-corrected chi connectivity index (χ2v) is 11.0. The molecule has 3 atom stereocenters. The zero-order valence-electron chi connectivity index (χ0n) is 21.2. The van der Waals surface area contributed by atoms with Crippen molar-refractivity contribution in [3.63, 3.8) is 0 Å². The fourth-order valence-electron chi connectivity index (χ4n) is 4.70. The summed E-state index contributed by atoms with van der Waals surface area (Å²) in [5, 5.41) is 5.52. The van der Waals surface area contributed by atoms with E-state index in [9.17, 15) is 28.0 Å². The number of benzene rings is 2. The molecule has 40 heavy (non-hydrogen) atoms. The second kappa shape index (κ2) is 11.9. The fraction of sp³-hybridized carbons (Fsp3) is 0.259. The van der Waals surface area contributed by atoms with Gasteiger partial charge in [0.2, 0.25) is 11.9 Å². The van der Waals surface area contributed by atoms with Gasteiger partial charge >= 0.3 is 0 Å². The number of ketones is 2. The zero-order chi connectivity index (χ0) is 29.3. The number of nitrogens with two attached hydrogens (primary N) is 1. The van der Waals surface area contributed by atoms with Crippen LogP contribution in [0.4, 0.5) is 14.7 Å². The van der Waals surface area contributed by atoms with Crippen LogP contribution in [-0.4, -0.2) is 33.3 Å². The van der Waals surface area contributed by atoms with Crippen molar-refractivity contribution in [2.45, 2.75) is 38.8 Å². The number of nitrogen functional groups attached to an aromatic ring is 1. The van der Waals surface area contributed by atoms with Crippen LogP contribution >= 0.6 is 31.9 Å². The van der Waals surface area contributed by atoms with Crippen LogP contribution in [0.3, 0.4) is 0 Å². The maximum Gasteiger partial charge on any atom is 0.255 e. The van der Waals surface area contributed by atoms with E-state index in [-0.39, 0.29) is 30.1 Å². The number of aryl methyl sites for hydroxylation is 1. The molecule has 0 saturated carbocycles. The summed E-state index contributed by atoms with van der Waals surface area (Å²) >= 11 is 6.52. The monoisotopic (exact) mass is 677 g/mol. The van der Waals surface area contributed by atoms with Gasteiger partial charge in [0.05, 0.1) is 29.0 Å². The van der Waals surface area contributed by atoms with E-state index in [2.05, 4.69) is 52.5 Å². The van der Waals surface area contributed by atoms with Gasteiger partial charge in [0.1, 0.15) is 17.4 Å². The molecule has 1 fully saturated rings. The summed E-state index contributed by atoms with van der Waals surface area (Å²) in [5.41, 5.74) is 8.71. The molecule has 0 radical (unpaired) electrons. The highest BCUT2D eigenvalue weighted by Crippen LogP contribution is 2.32. The third-order valence-corrected chi connectivity index (χ3v) is 7.87. The Hall–Kier alpha value is -3.58. The van der Waals surface area contributed by atoms with Crippen molar-refractivity contribution in [3.05, 3.63) is 85.1 Å². The predicted molar refractivity (Wildman–Crippen MR) is 148 cm³/mol. The van der Waals surface area contributed by atoms with E-state index in [0.29, 0.717) is 37.9 Å². The summed E-state index contributed by atoms with van der Waals surface area (Å²) < 4.78 is 27.3. The molecule has 9 nitrogen and oxygen atoms in total. The number of hydrogen-bond acceptors (Lipinski definition) is 7. The predicted octanol–water partition coefficient (Wildman–Crippen LogP) is 4.22. The number of fused-ring (bicyclic) bond motifs is 1. The second-order valence-electron chi connectivity index (χ2n) is 9.33. The summed E-state index contributed by atoms with van der Waals surface area (Å²) in [6, 6.07) is 7.59. The molecule has 4 N–H and O–H groups in total. The molecule has 2 aromatic carbocycles. The first kappa shape index (κ1) is 29.4. The van der Waals surface area contributed by atoms with E-state index in [1.807, 2.05) is 0 Å². The van der Waals surface area contributed by atoms with E-state index in [1.165, 1.54) is 37.3 Å². The molecular weight excluding hydrogens is 656 g/mol. The summed E-state index contributed by atoms with van der Waals surface area (Å²) in [4.78, 5) is 55.3. The van der Waals surface area contributed by atoms with Crippen LogP contribution in [0.25, 0.3) is 0 Å². The highest BCUT2D eigenvalue weighted by Gasteiger charge is 2.39. The van der Waals surface area contributed by atoms with Crippen LogP contribution in [0, 0.1) is 24.5 Å². The highest BCUT2D eigenvalue weighted by molar-refractivity contribution is 9.10. The van der Waals surface area contributed by atoms with Gasteiger partial charge in [0.15, 0.2) is 11.7 Å². The Labute approximate surface area is 244 Å². The minimum Gasteiger partial charge on any atom is -0.368 e. The number of nitrogens with one attached hydrogen (secondary N) is 2. The molecule has 208 valence electrons. The molecule has 2 aliphatic rings. The van der Waals surface area contributed by atoms with Gasteiger partial charge in [0.25, 0.3) is 5.91 Å². The van der Waals surface area contributed by atoms with E-state index >= 15 is 0 Å². The number of Topliss-reactive ketones (excluding diaryl/α,β-unsaturated/α-hetero) is 2. The maximum atomic E-state index is 13.2. The molecule has 0 spiro atoms. The molecule has 0 aliphatic carbocycles. The molecule has 1 unspecified atom stereocenters. The normalized spacial score (nSPS) is 20.1. The number of nitrogens with zero attached hydrogens (tertiary/aromatic N) is 2. The van der Waals surface area contributed by atoms with Crippen molar-refractivity contribution in [1.82, 2.24) is 20.6 Å². The summed E-state index contributed by atoms with van der Waals surface area (Å²) in [7, 11) is 0. The Balaban J connectivity index is 0.000000186. The van der Waals surface area contributed by atoms with Crippen LogP contribution in [-0.2, 0) is 20.8 Å². The maximum absolute atomic E-state index is 13.2. The first-order valence-electron chi connectivity index (χ1n) is 12.0. The molecule has 2 aliphatic heterocycles. The van der Waals surface area contributed by atoms with Gasteiger partial charge in [0, 0.05) is 21.8 Å². The molecule has 3 aromatic rings. The molecule has 2 amide bonds. The standard InChI is InChI=1S/C14H12BrFN4O.C13H11BrFNO3/c1-6-12-11(20-14(17)18-6)5-10(19-13(12)21)8-3-2-7(16)4-9(8)15;1-6(17)12-11(18)5-10(16-13(12)19)8-3-2-7(15)4-9(8)14/h2-4,10H,5H2,1H3,(H,19,21)(H2,17,18,20);2-4,10,12H,5H2,1H3,(H,16,19)/t10-;10-,12?/m11/s1. The Morgan fingerprint density at radius 3 is 1.98 bits per heavy atom. The van der Waals surface area contributed by atoms with Crippen LogP contribution in [0.5, 0.6) is 0 Å². The molecule has 3 heterocycles. The van der Waals surface area contributed by atoms with Crippen molar-refractivity contribution in [2.24, 2.45) is 5.92 Å². The average molecular weight is 679 g/mol. The van der Waals surface area contributed by atoms with Crippen molar-refractivity contribution < 1.29 is 28.0 Å². The van der Waals surface area contributed by atoms with Gasteiger partial charge in [-0.1, -0.05) is 44.0 Å². The summed E-state index contributed by atoms with van der Waals surface area (Å²) in [6.07, 6.45) is 0.513. The highest BCUT2D eigenvalue weighted by atomic mass is 79.9. The molecule has 13 heteroatoms. The SMILES string of the molecule is CC(=O)C1C(=O)C[C@H](c2ccc(F)cc2Br)NC1=O.Cc1nc(N)nc2c1C(=O)N[C@@H](c1ccc(F)cc1Br)C2. The van der Waals surface area contributed by atoms with Crippen LogP contribution in [0.15, 0.2) is 45.3 Å². The summed E-state index contributed by atoms with van der Waals surface area (Å²) in [5.74, 6) is -3.51. The van der Waals surface area contributed by atoms with Crippen molar-refractivity contribution in [3.8, 4) is 0 Å². The zero-order valence-corrected chi connectivity index (χ0v) is 24.4. The number of carbonyl (C=O) groups excluding carboxylic acids is 4. The number of piperidine rings is 1. The molecule has 1 aromatic heterocycles. The van der Waals surface area contributed by atoms with Gasteiger partial charge in [-0.2, -0.15) is 0 Å². The lowest BCUT2D eigenvalue weighted by Gasteiger charge is -2.27. The first-order chi connectivity index (χ1) is 18.8. The number of carbonyl (C=O) groups is 4. The minimum absolute atomic E-state index is 0.0280. The Kier molecular flexibility index (Phi) is 8.74. The largest absolute Gasteiger partial charge is 0.368 e. The lowest BCUT2D eigenvalue weighted by Crippen LogP contribution is -2.47. The van der Waals surface area contributed by atoms with Crippen LogP contribution < -0.4 is 16.4 Å². The van der Waals surface area contributed by atoms with Crippen molar-refractivity contribution >= 4 is 61.2 Å². The number of rotatable bonds is 3. The van der Waals surface area contributed by atoms with E-state index < -0.39 is 35.3 Å². The fourth-order valence-corrected chi connectivity index (χ4v) is 5.95. The third-order valence-electron chi connectivity index (χ3n) is 6.50. The van der Waals surface area contributed by atoms with E-state index in [1.54, 1.807) is 13.0 Å². The average Bonchev–Trinajstić information content (AvgIpc) is 2.83. The number of amides is 2. The Morgan fingerprint density at radius 1 is 0.925 bits per heavy atom. The first-order valence-corrected chi connectivity index (χ1v) is 13.6. The number of aromatic nitrogens is 2. The third kappa shape index (κ3) is 6.25. The van der Waals surface area contributed by atoms with Gasteiger partial charge < -0.3 is 16.4 Å². The van der Waals surface area contributed by atoms with Gasteiger partial charge in [-0.25, -0.2) is 18.7 Å². The number of halogens is 4. The van der Waals surface area contributed by atoms with Crippen LogP contribution in [0.1, 0.15) is 58.3 Å². The minimum atomic E-state index is -1.21. The van der Waals surface area contributed by atoms with Crippen molar-refractivity contribution in [1.29, 1.82) is 0 Å². The molecule has 5 rings (SSSR count). The topological polar surface area (TPSA) is 144 Å². The number of anilines is 1. The van der Waals surface area contributed by atoms with E-state index in [4.69, 9.17) is 5.73 Å². The Bertz CT molecular complexity index is 1530. The molecule has 0 bridgehead atoms. The van der Waals surface area contributed by atoms with Gasteiger partial charge in [-0.15, -0.1) is 0 Å². The van der Waals surface area contributed by atoms with E-state index in [0.717, 1.165) is 5.56 Å². The lowest BCUT2D eigenvalue weighted by atomic mass is 9.87. The van der Waals surface area contributed by atoms with Crippen molar-refractivity contribution in [2.75, 3.05) is 5.73 Å².